The fraction of sp³-hybridized carbons (Fsp3) is 0.643. The first-order valence-electron chi connectivity index (χ1n) is 6.80. The molecular weight excluding hydrogens is 226 g/mol. The van der Waals surface area contributed by atoms with Gasteiger partial charge in [0.25, 0.3) is 0 Å². The summed E-state index contributed by atoms with van der Waals surface area (Å²) in [6.45, 7) is 5.68. The minimum Gasteiger partial charge on any atom is -0.377 e. The third-order valence-corrected chi connectivity index (χ3v) is 3.62. The molecule has 18 heavy (non-hydrogen) atoms. The number of hydrogen-bond donors (Lipinski definition) is 1. The van der Waals surface area contributed by atoms with Gasteiger partial charge in [-0.1, -0.05) is 6.92 Å². The summed E-state index contributed by atoms with van der Waals surface area (Å²) in [6, 6.07) is 4.37. The summed E-state index contributed by atoms with van der Waals surface area (Å²) in [7, 11) is 0. The van der Waals surface area contributed by atoms with E-state index in [-0.39, 0.29) is 6.04 Å². The normalized spacial score (nSPS) is 21.4. The van der Waals surface area contributed by atoms with Crippen LogP contribution in [0.1, 0.15) is 31.4 Å². The topological polar surface area (TPSA) is 51.4 Å². The van der Waals surface area contributed by atoms with Gasteiger partial charge >= 0.3 is 0 Å². The highest BCUT2D eigenvalue weighted by Gasteiger charge is 2.23. The molecule has 0 spiro atoms. The summed E-state index contributed by atoms with van der Waals surface area (Å²) in [5.41, 5.74) is 7.20. The molecule has 1 aromatic rings. The third kappa shape index (κ3) is 3.28. The summed E-state index contributed by atoms with van der Waals surface area (Å²) in [4.78, 5) is 6.47. The average Bonchev–Trinajstić information content (AvgIpc) is 2.92. The van der Waals surface area contributed by atoms with Crippen LogP contribution in [0.3, 0.4) is 0 Å². The number of nitrogens with zero attached hydrogens (tertiary/aromatic N) is 2. The van der Waals surface area contributed by atoms with Gasteiger partial charge in [0.1, 0.15) is 0 Å². The van der Waals surface area contributed by atoms with Crippen LogP contribution in [-0.4, -0.2) is 42.2 Å². The molecule has 0 saturated carbocycles. The fourth-order valence-electron chi connectivity index (χ4n) is 2.61. The first-order chi connectivity index (χ1) is 8.85. The summed E-state index contributed by atoms with van der Waals surface area (Å²) in [5, 5.41) is 0. The van der Waals surface area contributed by atoms with Gasteiger partial charge in [-0.15, -0.1) is 0 Å². The number of hydrogen-bond acceptors (Lipinski definition) is 4. The molecule has 1 saturated heterocycles. The Hall–Kier alpha value is -0.970. The van der Waals surface area contributed by atoms with Crippen molar-refractivity contribution in [3.63, 3.8) is 0 Å². The van der Waals surface area contributed by atoms with Gasteiger partial charge in [-0.25, -0.2) is 0 Å². The minimum absolute atomic E-state index is 0.266. The Labute approximate surface area is 109 Å². The lowest BCUT2D eigenvalue weighted by atomic mass is 10.1. The SMILES string of the molecule is CCN(CC1CCCO1)C(CN)c1ccncc1. The Morgan fingerprint density at radius 2 is 2.28 bits per heavy atom. The van der Waals surface area contributed by atoms with Crippen LogP contribution >= 0.6 is 0 Å². The van der Waals surface area contributed by atoms with E-state index in [4.69, 9.17) is 10.5 Å². The van der Waals surface area contributed by atoms with Gasteiger partial charge in [-0.05, 0) is 37.1 Å². The van der Waals surface area contributed by atoms with Crippen molar-refractivity contribution in [2.24, 2.45) is 5.73 Å². The smallest absolute Gasteiger partial charge is 0.0703 e. The van der Waals surface area contributed by atoms with Crippen LogP contribution in [0.2, 0.25) is 0 Å². The van der Waals surface area contributed by atoms with Gasteiger partial charge in [0.15, 0.2) is 0 Å². The zero-order valence-electron chi connectivity index (χ0n) is 11.1. The van der Waals surface area contributed by atoms with Gasteiger partial charge < -0.3 is 10.5 Å². The van der Waals surface area contributed by atoms with Gasteiger partial charge in [-0.3, -0.25) is 9.88 Å². The van der Waals surface area contributed by atoms with Crippen LogP contribution in [0.25, 0.3) is 0 Å². The molecule has 4 heteroatoms. The van der Waals surface area contributed by atoms with E-state index in [2.05, 4.69) is 28.9 Å². The van der Waals surface area contributed by atoms with Crippen molar-refractivity contribution in [3.8, 4) is 0 Å². The molecule has 2 unspecified atom stereocenters. The van der Waals surface area contributed by atoms with Gasteiger partial charge in [0, 0.05) is 38.1 Å². The molecule has 0 amide bonds. The first kappa shape index (κ1) is 13.5. The van der Waals surface area contributed by atoms with E-state index in [1.807, 2.05) is 12.4 Å². The van der Waals surface area contributed by atoms with Crippen LogP contribution in [0.5, 0.6) is 0 Å². The van der Waals surface area contributed by atoms with E-state index in [1.165, 1.54) is 18.4 Å². The Bertz CT molecular complexity index is 338. The molecule has 1 aliphatic heterocycles. The molecule has 4 nitrogen and oxygen atoms in total. The highest BCUT2D eigenvalue weighted by atomic mass is 16.5. The van der Waals surface area contributed by atoms with Crippen molar-refractivity contribution < 1.29 is 4.74 Å². The molecule has 2 atom stereocenters. The number of likely N-dealkylation sites (N-methyl/N-ethyl adjacent to an activating group) is 1. The summed E-state index contributed by atoms with van der Waals surface area (Å²) < 4.78 is 5.72. The Morgan fingerprint density at radius 3 is 2.83 bits per heavy atom. The highest BCUT2D eigenvalue weighted by molar-refractivity contribution is 5.15. The maximum Gasteiger partial charge on any atom is 0.0703 e. The van der Waals surface area contributed by atoms with E-state index in [0.29, 0.717) is 12.6 Å². The number of aromatic nitrogens is 1. The van der Waals surface area contributed by atoms with Crippen molar-refractivity contribution in [2.45, 2.75) is 31.9 Å². The number of ether oxygens (including phenoxy) is 1. The lowest BCUT2D eigenvalue weighted by molar-refractivity contribution is 0.0601. The summed E-state index contributed by atoms with van der Waals surface area (Å²) in [5.74, 6) is 0. The van der Waals surface area contributed by atoms with E-state index < -0.39 is 0 Å². The van der Waals surface area contributed by atoms with E-state index in [1.54, 1.807) is 0 Å². The Balaban J connectivity index is 2.03. The highest BCUT2D eigenvalue weighted by Crippen LogP contribution is 2.22. The number of rotatable bonds is 6. The molecule has 1 aromatic heterocycles. The van der Waals surface area contributed by atoms with Crippen LogP contribution in [0.4, 0.5) is 0 Å². The van der Waals surface area contributed by atoms with E-state index >= 15 is 0 Å². The van der Waals surface area contributed by atoms with Crippen molar-refractivity contribution in [3.05, 3.63) is 30.1 Å². The lowest BCUT2D eigenvalue weighted by Gasteiger charge is -2.31. The van der Waals surface area contributed by atoms with Crippen molar-refractivity contribution >= 4 is 0 Å². The second-order valence-electron chi connectivity index (χ2n) is 4.75. The second kappa shape index (κ2) is 6.83. The molecule has 0 aromatic carbocycles. The van der Waals surface area contributed by atoms with Crippen molar-refractivity contribution in [2.75, 3.05) is 26.2 Å². The quantitative estimate of drug-likeness (QED) is 0.831. The standard InChI is InChI=1S/C14H23N3O/c1-2-17(11-13-4-3-9-18-13)14(10-15)12-5-7-16-8-6-12/h5-8,13-14H,2-4,9-11,15H2,1H3. The second-order valence-corrected chi connectivity index (χ2v) is 4.75. The molecule has 0 bridgehead atoms. The molecule has 2 N–H and O–H groups in total. The summed E-state index contributed by atoms with van der Waals surface area (Å²) >= 11 is 0. The minimum atomic E-state index is 0.266. The van der Waals surface area contributed by atoms with Gasteiger partial charge in [0.05, 0.1) is 6.10 Å². The largest absolute Gasteiger partial charge is 0.377 e. The monoisotopic (exact) mass is 249 g/mol. The molecule has 100 valence electrons. The lowest BCUT2D eigenvalue weighted by Crippen LogP contribution is -2.38. The zero-order chi connectivity index (χ0) is 12.8. The fourth-order valence-corrected chi connectivity index (χ4v) is 2.61. The molecule has 0 radical (unpaired) electrons. The molecule has 2 heterocycles. The molecule has 0 aliphatic carbocycles. The van der Waals surface area contributed by atoms with Gasteiger partial charge in [-0.2, -0.15) is 0 Å². The zero-order valence-corrected chi connectivity index (χ0v) is 11.1. The predicted molar refractivity (Wildman–Crippen MR) is 72.3 cm³/mol. The molecule has 1 aliphatic rings. The number of nitrogens with two attached hydrogens (primary N) is 1. The first-order valence-corrected chi connectivity index (χ1v) is 6.80. The Morgan fingerprint density at radius 1 is 1.50 bits per heavy atom. The Kier molecular flexibility index (Phi) is 5.11. The average molecular weight is 249 g/mol. The van der Waals surface area contributed by atoms with Gasteiger partial charge in [0.2, 0.25) is 0 Å². The van der Waals surface area contributed by atoms with Crippen LogP contribution in [-0.2, 0) is 4.74 Å². The van der Waals surface area contributed by atoms with Crippen LogP contribution in [0, 0.1) is 0 Å². The van der Waals surface area contributed by atoms with Crippen LogP contribution < -0.4 is 5.73 Å². The van der Waals surface area contributed by atoms with Crippen molar-refractivity contribution in [1.29, 1.82) is 0 Å². The van der Waals surface area contributed by atoms with E-state index in [0.717, 1.165) is 19.7 Å². The predicted octanol–water partition coefficient (Wildman–Crippen LogP) is 1.58. The van der Waals surface area contributed by atoms with E-state index in [9.17, 15) is 0 Å². The maximum absolute atomic E-state index is 5.95. The summed E-state index contributed by atoms with van der Waals surface area (Å²) in [6.07, 6.45) is 6.39. The molecule has 2 rings (SSSR count). The third-order valence-electron chi connectivity index (χ3n) is 3.62. The number of pyridine rings is 1. The van der Waals surface area contributed by atoms with Crippen LogP contribution in [0.15, 0.2) is 24.5 Å². The maximum atomic E-state index is 5.95. The van der Waals surface area contributed by atoms with Crippen molar-refractivity contribution in [1.82, 2.24) is 9.88 Å². The molecule has 1 fully saturated rings. The molecular formula is C14H23N3O.